The molecule has 0 saturated heterocycles. The standard InChI is InChI=1S/C3H6N3O/c4-6-3-5-1-2-7-3/h1-2,4H2. The predicted octanol–water partition coefficient (Wildman–Crippen LogP) is -1.15. The Hall–Kier alpha value is -0.770. The lowest BCUT2D eigenvalue weighted by Crippen LogP contribution is -2.21. The van der Waals surface area contributed by atoms with Crippen molar-refractivity contribution in [3.63, 3.8) is 0 Å². The van der Waals surface area contributed by atoms with E-state index in [0.717, 1.165) is 0 Å². The lowest BCUT2D eigenvalue weighted by molar-refractivity contribution is 0.331. The van der Waals surface area contributed by atoms with E-state index in [2.05, 4.69) is 10.4 Å². The maximum Gasteiger partial charge on any atom is 0.323 e. The van der Waals surface area contributed by atoms with E-state index in [1.807, 2.05) is 0 Å². The van der Waals surface area contributed by atoms with E-state index in [9.17, 15) is 0 Å². The van der Waals surface area contributed by atoms with E-state index < -0.39 is 0 Å². The molecule has 4 nitrogen and oxygen atoms in total. The Kier molecular flexibility index (Phi) is 1.12. The van der Waals surface area contributed by atoms with Gasteiger partial charge in [-0.05, 0) is 0 Å². The molecule has 0 bridgehead atoms. The minimum atomic E-state index is 0.319. The van der Waals surface area contributed by atoms with Gasteiger partial charge in [0.05, 0.1) is 6.54 Å². The molecule has 0 unspecified atom stereocenters. The molecule has 0 aliphatic carbocycles. The molecule has 1 aliphatic heterocycles. The maximum absolute atomic E-state index is 4.80. The molecule has 39 valence electrons. The lowest BCUT2D eigenvalue weighted by Gasteiger charge is -1.90. The fraction of sp³-hybridized carbons (Fsp3) is 0.667. The highest BCUT2D eigenvalue weighted by atomic mass is 16.5. The summed E-state index contributed by atoms with van der Waals surface area (Å²) < 4.78 is 4.76. The third kappa shape index (κ3) is 0.806. The second-order valence-corrected chi connectivity index (χ2v) is 1.14. The summed E-state index contributed by atoms with van der Waals surface area (Å²) >= 11 is 0. The summed E-state index contributed by atoms with van der Waals surface area (Å²) in [4.78, 5) is 3.76. The van der Waals surface area contributed by atoms with E-state index in [4.69, 9.17) is 10.6 Å². The molecule has 1 heterocycles. The summed E-state index contributed by atoms with van der Waals surface area (Å²) in [6, 6.07) is 0.319. The van der Waals surface area contributed by atoms with E-state index in [-0.39, 0.29) is 0 Å². The Balaban J connectivity index is 2.36. The van der Waals surface area contributed by atoms with Crippen LogP contribution in [0.25, 0.3) is 0 Å². The van der Waals surface area contributed by atoms with Gasteiger partial charge in [-0.2, -0.15) is 0 Å². The summed E-state index contributed by atoms with van der Waals surface area (Å²) in [5, 5.41) is 0. The Morgan fingerprint density at radius 2 is 2.71 bits per heavy atom. The van der Waals surface area contributed by atoms with Crippen molar-refractivity contribution in [2.24, 2.45) is 10.8 Å². The number of nitrogens with two attached hydrogens (primary N) is 1. The molecule has 0 aromatic heterocycles. The second kappa shape index (κ2) is 1.79. The molecular weight excluding hydrogens is 94.1 g/mol. The lowest BCUT2D eigenvalue weighted by atomic mass is 10.8. The van der Waals surface area contributed by atoms with Gasteiger partial charge in [-0.3, -0.25) is 0 Å². The van der Waals surface area contributed by atoms with Gasteiger partial charge in [0.15, 0.2) is 0 Å². The number of rotatable bonds is 0. The average Bonchev–Trinajstić information content (AvgIpc) is 2.14. The van der Waals surface area contributed by atoms with Crippen LogP contribution in [0, 0.1) is 0 Å². The van der Waals surface area contributed by atoms with Gasteiger partial charge in [-0.1, -0.05) is 0 Å². The first-order chi connectivity index (χ1) is 3.43. The van der Waals surface area contributed by atoms with Crippen molar-refractivity contribution >= 4 is 6.02 Å². The summed E-state index contributed by atoms with van der Waals surface area (Å²) in [6.07, 6.45) is 0. The topological polar surface area (TPSA) is 61.7 Å². The Morgan fingerprint density at radius 1 is 1.86 bits per heavy atom. The van der Waals surface area contributed by atoms with Crippen LogP contribution < -0.4 is 11.3 Å². The first-order valence-electron chi connectivity index (χ1n) is 2.01. The van der Waals surface area contributed by atoms with Crippen molar-refractivity contribution in [2.45, 2.75) is 0 Å². The van der Waals surface area contributed by atoms with Crippen LogP contribution in [-0.2, 0) is 4.74 Å². The largest absolute Gasteiger partial charge is 0.461 e. The van der Waals surface area contributed by atoms with Crippen LogP contribution in [0.5, 0.6) is 0 Å². The summed E-state index contributed by atoms with van der Waals surface area (Å²) in [6.45, 7) is 1.31. The van der Waals surface area contributed by atoms with Gasteiger partial charge in [-0.25, -0.2) is 10.8 Å². The summed E-state index contributed by atoms with van der Waals surface area (Å²) in [5.41, 5.74) is 3.22. The summed E-state index contributed by atoms with van der Waals surface area (Å²) in [5.74, 6) is 4.80. The zero-order chi connectivity index (χ0) is 5.11. The van der Waals surface area contributed by atoms with Crippen LogP contribution >= 0.6 is 0 Å². The smallest absolute Gasteiger partial charge is 0.323 e. The Bertz CT molecular complexity index is 90.2. The molecule has 4 heteroatoms. The zero-order valence-electron chi connectivity index (χ0n) is 3.79. The van der Waals surface area contributed by atoms with Crippen molar-refractivity contribution in [3.8, 4) is 0 Å². The molecule has 1 aliphatic rings. The van der Waals surface area contributed by atoms with Crippen LogP contribution in [-0.4, -0.2) is 19.2 Å². The minimum Gasteiger partial charge on any atom is -0.461 e. The third-order valence-electron chi connectivity index (χ3n) is 0.680. The molecule has 0 saturated carbocycles. The van der Waals surface area contributed by atoms with Gasteiger partial charge in [0, 0.05) is 0 Å². The number of hydrogen-bond acceptors (Lipinski definition) is 3. The molecule has 1 rings (SSSR count). The van der Waals surface area contributed by atoms with Gasteiger partial charge in [0.25, 0.3) is 0 Å². The average molecular weight is 100 g/mol. The van der Waals surface area contributed by atoms with Crippen LogP contribution in [0.2, 0.25) is 0 Å². The monoisotopic (exact) mass is 100 g/mol. The quantitative estimate of drug-likeness (QED) is 0.308. The molecule has 0 atom stereocenters. The molecule has 0 spiro atoms. The van der Waals surface area contributed by atoms with Gasteiger partial charge in [0.2, 0.25) is 0 Å². The van der Waals surface area contributed by atoms with Gasteiger partial charge >= 0.3 is 6.02 Å². The predicted molar refractivity (Wildman–Crippen MR) is 24.6 cm³/mol. The molecular formula is C3H6N3O. The molecule has 1 radical (unpaired) electrons. The van der Waals surface area contributed by atoms with Gasteiger partial charge in [-0.15, -0.1) is 5.43 Å². The Morgan fingerprint density at radius 3 is 3.00 bits per heavy atom. The van der Waals surface area contributed by atoms with Gasteiger partial charge < -0.3 is 4.74 Å². The third-order valence-corrected chi connectivity index (χ3v) is 0.680. The van der Waals surface area contributed by atoms with Crippen molar-refractivity contribution in [1.29, 1.82) is 0 Å². The zero-order valence-corrected chi connectivity index (χ0v) is 3.79. The first-order valence-corrected chi connectivity index (χ1v) is 2.01. The van der Waals surface area contributed by atoms with E-state index in [1.165, 1.54) is 0 Å². The van der Waals surface area contributed by atoms with E-state index >= 15 is 0 Å². The van der Waals surface area contributed by atoms with Gasteiger partial charge in [0.1, 0.15) is 6.61 Å². The highest BCUT2D eigenvalue weighted by Crippen LogP contribution is 1.87. The second-order valence-electron chi connectivity index (χ2n) is 1.14. The van der Waals surface area contributed by atoms with Crippen LogP contribution in [0.1, 0.15) is 0 Å². The molecule has 7 heavy (non-hydrogen) atoms. The van der Waals surface area contributed by atoms with Crippen LogP contribution in [0.15, 0.2) is 4.99 Å². The fourth-order valence-electron chi connectivity index (χ4n) is 0.402. The summed E-state index contributed by atoms with van der Waals surface area (Å²) in [7, 11) is 0. The number of ether oxygens (including phenoxy) is 1. The SMILES string of the molecule is N[N]C1=NCCO1. The molecule has 0 fully saturated rings. The first kappa shape index (κ1) is 4.39. The minimum absolute atomic E-state index is 0.319. The van der Waals surface area contributed by atoms with Crippen LogP contribution in [0.3, 0.4) is 0 Å². The molecule has 0 amide bonds. The van der Waals surface area contributed by atoms with Crippen molar-refractivity contribution < 1.29 is 4.74 Å². The highest BCUT2D eigenvalue weighted by Gasteiger charge is 2.03. The van der Waals surface area contributed by atoms with Crippen molar-refractivity contribution in [3.05, 3.63) is 0 Å². The van der Waals surface area contributed by atoms with E-state index in [1.54, 1.807) is 0 Å². The molecule has 2 N–H and O–H groups in total. The number of aliphatic imine (C=N–C) groups is 1. The number of amidine groups is 1. The van der Waals surface area contributed by atoms with Crippen molar-refractivity contribution in [1.82, 2.24) is 5.43 Å². The normalized spacial score (nSPS) is 18.1. The highest BCUT2D eigenvalue weighted by molar-refractivity contribution is 5.73. The Labute approximate surface area is 41.3 Å². The van der Waals surface area contributed by atoms with Crippen molar-refractivity contribution in [2.75, 3.05) is 13.2 Å². The fourth-order valence-corrected chi connectivity index (χ4v) is 0.402. The van der Waals surface area contributed by atoms with E-state index in [0.29, 0.717) is 19.2 Å². The maximum atomic E-state index is 4.80. The molecule has 0 aromatic rings. The number of hydrogen-bond donors (Lipinski definition) is 1. The molecule has 0 aromatic carbocycles. The van der Waals surface area contributed by atoms with Crippen LogP contribution in [0.4, 0.5) is 0 Å². The number of nitrogens with zero attached hydrogens (tertiary/aromatic N) is 2.